The van der Waals surface area contributed by atoms with Crippen LogP contribution in [0, 0.1) is 3.57 Å². The summed E-state index contributed by atoms with van der Waals surface area (Å²) in [6, 6.07) is 1.92. The van der Waals surface area contributed by atoms with E-state index < -0.39 is 0 Å². The van der Waals surface area contributed by atoms with Gasteiger partial charge in [0.05, 0.1) is 19.0 Å². The molecule has 0 unspecified atom stereocenters. The van der Waals surface area contributed by atoms with Gasteiger partial charge in [0.2, 0.25) is 0 Å². The third-order valence-corrected chi connectivity index (χ3v) is 2.38. The number of methoxy groups -OCH3 is 1. The summed E-state index contributed by atoms with van der Waals surface area (Å²) in [6.45, 7) is 0. The molecule has 68 valence electrons. The number of nitrogens with zero attached hydrogens (tertiary/aromatic N) is 2. The molecule has 0 radical (unpaired) electrons. The van der Waals surface area contributed by atoms with Gasteiger partial charge in [-0.2, -0.15) is 5.10 Å². The average Bonchev–Trinajstić information content (AvgIpc) is 2.46. The quantitative estimate of drug-likeness (QED) is 0.810. The van der Waals surface area contributed by atoms with Gasteiger partial charge in [0.15, 0.2) is 0 Å². The minimum atomic E-state index is 0.633. The Kier molecular flexibility index (Phi) is 2.03. The third-order valence-electron chi connectivity index (χ3n) is 1.79. The largest absolute Gasteiger partial charge is 0.494 e. The number of anilines is 1. The number of nitrogen functional groups attached to an aromatic ring is 1. The topological polar surface area (TPSA) is 52.5 Å². The molecule has 0 aromatic carbocycles. The summed E-state index contributed by atoms with van der Waals surface area (Å²) >= 11 is 2.20. The van der Waals surface area contributed by atoms with Gasteiger partial charge < -0.3 is 10.5 Å². The normalized spacial score (nSPS) is 10.6. The number of pyridine rings is 1. The van der Waals surface area contributed by atoms with Gasteiger partial charge in [-0.3, -0.25) is 0 Å². The fraction of sp³-hybridized carbons (Fsp3) is 0.125. The Bertz CT molecular complexity index is 452. The van der Waals surface area contributed by atoms with Gasteiger partial charge in [-0.05, 0) is 28.7 Å². The van der Waals surface area contributed by atoms with Crippen LogP contribution in [0.4, 0.5) is 5.69 Å². The van der Waals surface area contributed by atoms with Crippen molar-refractivity contribution in [2.24, 2.45) is 0 Å². The smallest absolute Gasteiger partial charge is 0.147 e. The molecule has 0 spiro atoms. The highest BCUT2D eigenvalue weighted by Crippen LogP contribution is 2.26. The van der Waals surface area contributed by atoms with E-state index in [2.05, 4.69) is 27.7 Å². The van der Waals surface area contributed by atoms with Crippen LogP contribution in [0.3, 0.4) is 0 Å². The monoisotopic (exact) mass is 289 g/mol. The lowest BCUT2D eigenvalue weighted by atomic mass is 10.3. The second-order valence-electron chi connectivity index (χ2n) is 2.62. The number of hydrogen-bond acceptors (Lipinski definition) is 3. The van der Waals surface area contributed by atoms with E-state index >= 15 is 0 Å². The van der Waals surface area contributed by atoms with E-state index in [-0.39, 0.29) is 0 Å². The number of fused-ring (bicyclic) bond motifs is 1. The van der Waals surface area contributed by atoms with Crippen LogP contribution < -0.4 is 10.5 Å². The highest BCUT2D eigenvalue weighted by molar-refractivity contribution is 14.1. The zero-order chi connectivity index (χ0) is 9.42. The molecule has 2 aromatic heterocycles. The van der Waals surface area contributed by atoms with Crippen LogP contribution in [0.15, 0.2) is 18.5 Å². The Morgan fingerprint density at radius 2 is 2.38 bits per heavy atom. The lowest BCUT2D eigenvalue weighted by Gasteiger charge is -2.03. The highest BCUT2D eigenvalue weighted by Gasteiger charge is 2.07. The summed E-state index contributed by atoms with van der Waals surface area (Å²) in [4.78, 5) is 0. The second kappa shape index (κ2) is 3.06. The Hall–Kier alpha value is -0.980. The van der Waals surface area contributed by atoms with Gasteiger partial charge in [-0.25, -0.2) is 4.52 Å². The first-order valence-corrected chi connectivity index (χ1v) is 4.76. The van der Waals surface area contributed by atoms with Crippen molar-refractivity contribution in [1.82, 2.24) is 9.61 Å². The lowest BCUT2D eigenvalue weighted by Crippen LogP contribution is -1.94. The van der Waals surface area contributed by atoms with E-state index in [1.165, 1.54) is 0 Å². The molecule has 0 fully saturated rings. The van der Waals surface area contributed by atoms with Crippen LogP contribution >= 0.6 is 22.6 Å². The first-order chi connectivity index (χ1) is 6.22. The van der Waals surface area contributed by atoms with Crippen molar-refractivity contribution in [3.8, 4) is 5.75 Å². The summed E-state index contributed by atoms with van der Waals surface area (Å²) in [5.41, 5.74) is 7.19. The summed E-state index contributed by atoms with van der Waals surface area (Å²) in [6.07, 6.45) is 3.52. The Morgan fingerprint density at radius 1 is 1.62 bits per heavy atom. The van der Waals surface area contributed by atoms with Gasteiger partial charge in [0.1, 0.15) is 11.3 Å². The molecule has 0 atom stereocenters. The molecule has 0 aliphatic rings. The van der Waals surface area contributed by atoms with Crippen molar-refractivity contribution in [2.45, 2.75) is 0 Å². The SMILES string of the molecule is COc1cc(I)cn2ncc(N)c12. The number of hydrogen-bond donors (Lipinski definition) is 1. The van der Waals surface area contributed by atoms with E-state index in [1.54, 1.807) is 17.8 Å². The Labute approximate surface area is 88.8 Å². The summed E-state index contributed by atoms with van der Waals surface area (Å²) in [5, 5.41) is 4.09. The predicted molar refractivity (Wildman–Crippen MR) is 58.9 cm³/mol. The second-order valence-corrected chi connectivity index (χ2v) is 3.87. The number of halogens is 1. The molecule has 0 amide bonds. The lowest BCUT2D eigenvalue weighted by molar-refractivity contribution is 0.417. The van der Waals surface area contributed by atoms with Gasteiger partial charge >= 0.3 is 0 Å². The first-order valence-electron chi connectivity index (χ1n) is 3.68. The van der Waals surface area contributed by atoms with Gasteiger partial charge in [-0.1, -0.05) is 0 Å². The number of rotatable bonds is 1. The van der Waals surface area contributed by atoms with Crippen LogP contribution in [0.2, 0.25) is 0 Å². The van der Waals surface area contributed by atoms with Crippen LogP contribution in [0.25, 0.3) is 5.52 Å². The van der Waals surface area contributed by atoms with E-state index in [4.69, 9.17) is 10.5 Å². The van der Waals surface area contributed by atoms with Crippen LogP contribution in [0.5, 0.6) is 5.75 Å². The molecule has 2 heterocycles. The van der Waals surface area contributed by atoms with Crippen molar-refractivity contribution in [3.05, 3.63) is 22.0 Å². The van der Waals surface area contributed by atoms with E-state index in [0.29, 0.717) is 5.69 Å². The van der Waals surface area contributed by atoms with Crippen molar-refractivity contribution in [3.63, 3.8) is 0 Å². The minimum Gasteiger partial charge on any atom is -0.494 e. The zero-order valence-electron chi connectivity index (χ0n) is 6.99. The summed E-state index contributed by atoms with van der Waals surface area (Å²) in [5.74, 6) is 0.752. The summed E-state index contributed by atoms with van der Waals surface area (Å²) < 4.78 is 7.98. The number of nitrogens with two attached hydrogens (primary N) is 1. The average molecular weight is 289 g/mol. The molecule has 13 heavy (non-hydrogen) atoms. The van der Waals surface area contributed by atoms with Gasteiger partial charge in [0, 0.05) is 9.77 Å². The molecule has 0 aliphatic carbocycles. The molecule has 2 rings (SSSR count). The fourth-order valence-electron chi connectivity index (χ4n) is 1.23. The number of aromatic nitrogens is 2. The fourth-order valence-corrected chi connectivity index (χ4v) is 1.78. The molecule has 0 saturated carbocycles. The maximum Gasteiger partial charge on any atom is 0.147 e. The maximum atomic E-state index is 5.74. The standard InChI is InChI=1S/C8H8IN3O/c1-13-7-2-5(9)4-12-8(7)6(10)3-11-12/h2-4H,10H2,1H3. The molecular formula is C8H8IN3O. The minimum absolute atomic E-state index is 0.633. The Morgan fingerprint density at radius 3 is 3.08 bits per heavy atom. The van der Waals surface area contributed by atoms with Crippen molar-refractivity contribution < 1.29 is 4.74 Å². The molecule has 0 saturated heterocycles. The maximum absolute atomic E-state index is 5.74. The van der Waals surface area contributed by atoms with E-state index in [1.807, 2.05) is 12.3 Å². The van der Waals surface area contributed by atoms with Gasteiger partial charge in [-0.15, -0.1) is 0 Å². The zero-order valence-corrected chi connectivity index (χ0v) is 9.15. The van der Waals surface area contributed by atoms with Crippen LogP contribution in [0.1, 0.15) is 0 Å². The molecule has 2 N–H and O–H groups in total. The Balaban J connectivity index is 2.85. The van der Waals surface area contributed by atoms with Crippen molar-refractivity contribution in [1.29, 1.82) is 0 Å². The van der Waals surface area contributed by atoms with E-state index in [0.717, 1.165) is 14.8 Å². The molecular weight excluding hydrogens is 281 g/mol. The number of ether oxygens (including phenoxy) is 1. The van der Waals surface area contributed by atoms with E-state index in [9.17, 15) is 0 Å². The molecule has 4 nitrogen and oxygen atoms in total. The predicted octanol–water partition coefficient (Wildman–Crippen LogP) is 1.53. The van der Waals surface area contributed by atoms with Crippen molar-refractivity contribution in [2.75, 3.05) is 12.8 Å². The molecule has 2 aromatic rings. The third kappa shape index (κ3) is 1.32. The molecule has 0 bridgehead atoms. The molecule has 0 aliphatic heterocycles. The highest BCUT2D eigenvalue weighted by atomic mass is 127. The van der Waals surface area contributed by atoms with Crippen LogP contribution in [-0.4, -0.2) is 16.7 Å². The van der Waals surface area contributed by atoms with Gasteiger partial charge in [0.25, 0.3) is 0 Å². The molecule has 5 heteroatoms. The summed E-state index contributed by atoms with van der Waals surface area (Å²) in [7, 11) is 1.62. The van der Waals surface area contributed by atoms with Crippen LogP contribution in [-0.2, 0) is 0 Å². The van der Waals surface area contributed by atoms with Crippen molar-refractivity contribution >= 4 is 33.8 Å². The first kappa shape index (κ1) is 8.61.